The maximum absolute atomic E-state index is 11.5. The smallest absolute Gasteiger partial charge is 0.337 e. The van der Waals surface area contributed by atoms with Crippen LogP contribution in [0.5, 0.6) is 0 Å². The summed E-state index contributed by atoms with van der Waals surface area (Å²) in [7, 11) is 1.41. The molecule has 0 spiro atoms. The molecule has 2 aliphatic heterocycles. The number of nitrogens with zero attached hydrogens (tertiary/aromatic N) is 2. The van der Waals surface area contributed by atoms with Gasteiger partial charge in [-0.15, -0.1) is 0 Å². The molecule has 0 aromatic heterocycles. The van der Waals surface area contributed by atoms with Crippen LogP contribution < -0.4 is 4.90 Å². The second-order valence-corrected chi connectivity index (χ2v) is 6.95. The van der Waals surface area contributed by atoms with Crippen LogP contribution in [0.1, 0.15) is 30.6 Å². The normalized spacial score (nSPS) is 28.1. The number of ether oxygens (including phenoxy) is 2. The van der Waals surface area contributed by atoms with E-state index in [9.17, 15) is 4.79 Å². The third kappa shape index (κ3) is 3.73. The van der Waals surface area contributed by atoms with Crippen LogP contribution >= 0.6 is 0 Å². The average molecular weight is 332 g/mol. The van der Waals surface area contributed by atoms with E-state index in [0.717, 1.165) is 32.8 Å². The van der Waals surface area contributed by atoms with Crippen molar-refractivity contribution < 1.29 is 14.3 Å². The molecule has 0 radical (unpaired) electrons. The van der Waals surface area contributed by atoms with Gasteiger partial charge in [-0.1, -0.05) is 0 Å². The molecule has 5 nitrogen and oxygen atoms in total. The molecule has 1 aromatic carbocycles. The zero-order valence-corrected chi connectivity index (χ0v) is 14.9. The molecule has 0 bridgehead atoms. The van der Waals surface area contributed by atoms with E-state index in [1.165, 1.54) is 19.2 Å². The topological polar surface area (TPSA) is 42.0 Å². The molecule has 3 atom stereocenters. The van der Waals surface area contributed by atoms with Crippen molar-refractivity contribution in [3.63, 3.8) is 0 Å². The third-order valence-corrected chi connectivity index (χ3v) is 5.42. The van der Waals surface area contributed by atoms with Gasteiger partial charge in [-0.25, -0.2) is 4.79 Å². The number of anilines is 1. The maximum atomic E-state index is 11.5. The maximum Gasteiger partial charge on any atom is 0.337 e. The molecule has 2 fully saturated rings. The van der Waals surface area contributed by atoms with Crippen LogP contribution in [0.15, 0.2) is 24.3 Å². The van der Waals surface area contributed by atoms with Gasteiger partial charge in [0.1, 0.15) is 0 Å². The summed E-state index contributed by atoms with van der Waals surface area (Å²) in [5.41, 5.74) is 1.77. The zero-order valence-electron chi connectivity index (χ0n) is 14.9. The van der Waals surface area contributed by atoms with Crippen LogP contribution in [0.3, 0.4) is 0 Å². The van der Waals surface area contributed by atoms with Gasteiger partial charge in [0, 0.05) is 44.5 Å². The van der Waals surface area contributed by atoms with Gasteiger partial charge in [0.25, 0.3) is 0 Å². The number of methoxy groups -OCH3 is 1. The zero-order chi connectivity index (χ0) is 17.1. The van der Waals surface area contributed by atoms with E-state index in [-0.39, 0.29) is 5.97 Å². The van der Waals surface area contributed by atoms with Crippen molar-refractivity contribution in [3.05, 3.63) is 29.8 Å². The Bertz CT molecular complexity index is 560. The van der Waals surface area contributed by atoms with Crippen molar-refractivity contribution in [3.8, 4) is 0 Å². The summed E-state index contributed by atoms with van der Waals surface area (Å²) in [4.78, 5) is 16.5. The largest absolute Gasteiger partial charge is 0.465 e. The first-order valence-corrected chi connectivity index (χ1v) is 8.87. The summed E-state index contributed by atoms with van der Waals surface area (Å²) in [5, 5.41) is 0. The number of carbonyl (C=O) groups is 1. The molecule has 132 valence electrons. The highest BCUT2D eigenvalue weighted by Crippen LogP contribution is 2.25. The van der Waals surface area contributed by atoms with E-state index in [4.69, 9.17) is 9.47 Å². The molecule has 2 heterocycles. The fourth-order valence-electron chi connectivity index (χ4n) is 3.74. The van der Waals surface area contributed by atoms with Crippen molar-refractivity contribution in [2.24, 2.45) is 5.92 Å². The molecule has 24 heavy (non-hydrogen) atoms. The van der Waals surface area contributed by atoms with Crippen LogP contribution in [-0.4, -0.2) is 62.9 Å². The summed E-state index contributed by atoms with van der Waals surface area (Å²) in [6.45, 7) is 9.65. The molecule has 1 aromatic rings. The molecule has 2 saturated heterocycles. The van der Waals surface area contributed by atoms with Gasteiger partial charge >= 0.3 is 5.97 Å². The van der Waals surface area contributed by atoms with E-state index < -0.39 is 0 Å². The first kappa shape index (κ1) is 17.2. The number of piperazine rings is 1. The minimum Gasteiger partial charge on any atom is -0.465 e. The number of esters is 1. The molecule has 3 rings (SSSR count). The lowest BCUT2D eigenvalue weighted by molar-refractivity contribution is 0.0600. The molecule has 0 N–H and O–H groups in total. The minimum absolute atomic E-state index is 0.285. The number of rotatable bonds is 4. The number of carbonyl (C=O) groups excluding carboxylic acids is 1. The Labute approximate surface area is 144 Å². The monoisotopic (exact) mass is 332 g/mol. The Balaban J connectivity index is 1.57. The van der Waals surface area contributed by atoms with Crippen LogP contribution in [0.2, 0.25) is 0 Å². The standard InChI is InChI=1S/C19H28N2O3/c1-14-12-21(18-6-4-16(5-7-18)19(22)23-3)10-9-20(14)13-17-8-11-24-15(17)2/h4-7,14-15,17H,8-13H2,1-3H3. The third-order valence-electron chi connectivity index (χ3n) is 5.42. The molecular weight excluding hydrogens is 304 g/mol. The van der Waals surface area contributed by atoms with Crippen molar-refractivity contribution in [1.29, 1.82) is 0 Å². The highest BCUT2D eigenvalue weighted by atomic mass is 16.5. The van der Waals surface area contributed by atoms with Crippen LogP contribution in [-0.2, 0) is 9.47 Å². The lowest BCUT2D eigenvalue weighted by Gasteiger charge is -2.42. The van der Waals surface area contributed by atoms with E-state index in [0.29, 0.717) is 23.6 Å². The van der Waals surface area contributed by atoms with Gasteiger partial charge in [0.2, 0.25) is 0 Å². The van der Waals surface area contributed by atoms with Crippen molar-refractivity contribution in [2.45, 2.75) is 32.4 Å². The first-order chi connectivity index (χ1) is 11.6. The number of hydrogen-bond donors (Lipinski definition) is 0. The summed E-state index contributed by atoms with van der Waals surface area (Å²) in [5.74, 6) is 0.381. The SMILES string of the molecule is COC(=O)c1ccc(N2CCN(CC3CCOC3C)C(C)C2)cc1. The van der Waals surface area contributed by atoms with Crippen LogP contribution in [0.4, 0.5) is 5.69 Å². The molecule has 5 heteroatoms. The van der Waals surface area contributed by atoms with E-state index >= 15 is 0 Å². The summed E-state index contributed by atoms with van der Waals surface area (Å²) >= 11 is 0. The molecule has 0 amide bonds. The van der Waals surface area contributed by atoms with Gasteiger partial charge in [-0.3, -0.25) is 4.90 Å². The summed E-state index contributed by atoms with van der Waals surface area (Å²) < 4.78 is 10.5. The Morgan fingerprint density at radius 3 is 2.58 bits per heavy atom. The summed E-state index contributed by atoms with van der Waals surface area (Å²) in [6.07, 6.45) is 1.57. The quantitative estimate of drug-likeness (QED) is 0.792. The number of benzene rings is 1. The van der Waals surface area contributed by atoms with Gasteiger partial charge in [-0.05, 0) is 50.5 Å². The fraction of sp³-hybridized carbons (Fsp3) is 0.632. The Kier molecular flexibility index (Phi) is 5.41. The molecule has 2 aliphatic rings. The number of hydrogen-bond acceptors (Lipinski definition) is 5. The molecular formula is C19H28N2O3. The van der Waals surface area contributed by atoms with Crippen LogP contribution in [0, 0.1) is 5.92 Å². The fourth-order valence-corrected chi connectivity index (χ4v) is 3.74. The Hall–Kier alpha value is -1.59. The van der Waals surface area contributed by atoms with E-state index in [1.54, 1.807) is 0 Å². The lowest BCUT2D eigenvalue weighted by Crippen LogP contribution is -2.53. The molecule has 3 unspecified atom stereocenters. The van der Waals surface area contributed by atoms with E-state index in [1.807, 2.05) is 24.3 Å². The first-order valence-electron chi connectivity index (χ1n) is 8.87. The summed E-state index contributed by atoms with van der Waals surface area (Å²) in [6, 6.07) is 8.24. The van der Waals surface area contributed by atoms with Crippen molar-refractivity contribution >= 4 is 11.7 Å². The minimum atomic E-state index is -0.285. The molecule has 0 saturated carbocycles. The second-order valence-electron chi connectivity index (χ2n) is 6.95. The van der Waals surface area contributed by atoms with E-state index in [2.05, 4.69) is 23.6 Å². The lowest BCUT2D eigenvalue weighted by atomic mass is 10.0. The van der Waals surface area contributed by atoms with Gasteiger partial charge in [0.05, 0.1) is 18.8 Å². The van der Waals surface area contributed by atoms with Gasteiger partial charge < -0.3 is 14.4 Å². The highest BCUT2D eigenvalue weighted by Gasteiger charge is 2.30. The van der Waals surface area contributed by atoms with Crippen molar-refractivity contribution in [2.75, 3.05) is 44.8 Å². The Morgan fingerprint density at radius 2 is 2.00 bits per heavy atom. The Morgan fingerprint density at radius 1 is 1.25 bits per heavy atom. The van der Waals surface area contributed by atoms with Crippen molar-refractivity contribution in [1.82, 2.24) is 4.90 Å². The predicted octanol–water partition coefficient (Wildman–Crippen LogP) is 2.41. The average Bonchev–Trinajstić information content (AvgIpc) is 3.01. The predicted molar refractivity (Wildman–Crippen MR) is 94.6 cm³/mol. The van der Waals surface area contributed by atoms with Gasteiger partial charge in [0.15, 0.2) is 0 Å². The highest BCUT2D eigenvalue weighted by molar-refractivity contribution is 5.89. The second kappa shape index (κ2) is 7.53. The molecule has 0 aliphatic carbocycles. The van der Waals surface area contributed by atoms with Crippen LogP contribution in [0.25, 0.3) is 0 Å². The van der Waals surface area contributed by atoms with Gasteiger partial charge in [-0.2, -0.15) is 0 Å².